The predicted molar refractivity (Wildman–Crippen MR) is 61.9 cm³/mol. The largest absolute Gasteiger partial charge is 0.481 e. The number of nitrogens with one attached hydrogen (secondary N) is 1. The number of hydrogen-bond donors (Lipinski definition) is 2. The highest BCUT2D eigenvalue weighted by atomic mass is 32.2. The van der Waals surface area contributed by atoms with E-state index in [1.54, 1.807) is 6.92 Å². The number of rotatable bonds is 7. The number of aliphatic carboxylic acids is 1. The fraction of sp³-hybridized carbons (Fsp3) is 0.900. The molecule has 0 aliphatic rings. The molecular weight excluding hydrogens is 198 g/mol. The molecule has 3 atom stereocenters. The molecule has 0 saturated carbocycles. The zero-order valence-corrected chi connectivity index (χ0v) is 10.2. The van der Waals surface area contributed by atoms with Gasteiger partial charge in [0.2, 0.25) is 0 Å². The van der Waals surface area contributed by atoms with Crippen LogP contribution >= 0.6 is 11.8 Å². The molecule has 0 amide bonds. The maximum absolute atomic E-state index is 10.7. The third-order valence-electron chi connectivity index (χ3n) is 2.44. The first-order valence-corrected chi connectivity index (χ1v) is 6.36. The van der Waals surface area contributed by atoms with Gasteiger partial charge in [-0.25, -0.2) is 0 Å². The topological polar surface area (TPSA) is 49.3 Å². The summed E-state index contributed by atoms with van der Waals surface area (Å²) in [5.74, 6) is 0.0521. The van der Waals surface area contributed by atoms with Crippen LogP contribution in [0.1, 0.15) is 27.2 Å². The zero-order valence-electron chi connectivity index (χ0n) is 9.41. The summed E-state index contributed by atoms with van der Waals surface area (Å²) in [5.41, 5.74) is 0. The lowest BCUT2D eigenvalue weighted by Crippen LogP contribution is -2.41. The Labute approximate surface area is 90.7 Å². The molecule has 0 aliphatic heterocycles. The van der Waals surface area contributed by atoms with Crippen LogP contribution < -0.4 is 5.32 Å². The maximum Gasteiger partial charge on any atom is 0.307 e. The van der Waals surface area contributed by atoms with Crippen molar-refractivity contribution in [1.82, 2.24) is 5.32 Å². The average Bonchev–Trinajstić information content (AvgIpc) is 2.13. The second kappa shape index (κ2) is 7.12. The van der Waals surface area contributed by atoms with E-state index >= 15 is 0 Å². The Morgan fingerprint density at radius 3 is 2.43 bits per heavy atom. The van der Waals surface area contributed by atoms with Crippen LogP contribution in [0.5, 0.6) is 0 Å². The standard InChI is InChI=1S/C10H21NO2S/c1-7(5-6-14-4)11-9(3)8(2)10(12)13/h7-9,11H,5-6H2,1-4H3,(H,12,13). The molecule has 0 aromatic rings. The summed E-state index contributed by atoms with van der Waals surface area (Å²) in [6, 6.07) is 0.420. The van der Waals surface area contributed by atoms with Crippen molar-refractivity contribution < 1.29 is 9.90 Å². The molecule has 0 radical (unpaired) electrons. The van der Waals surface area contributed by atoms with E-state index in [0.717, 1.165) is 12.2 Å². The van der Waals surface area contributed by atoms with Gasteiger partial charge in [-0.2, -0.15) is 11.8 Å². The lowest BCUT2D eigenvalue weighted by atomic mass is 10.0. The fourth-order valence-electron chi connectivity index (χ4n) is 1.18. The van der Waals surface area contributed by atoms with Crippen molar-refractivity contribution in [3.05, 3.63) is 0 Å². The Kier molecular flexibility index (Phi) is 7.01. The minimum Gasteiger partial charge on any atom is -0.481 e. The molecule has 2 N–H and O–H groups in total. The van der Waals surface area contributed by atoms with Crippen molar-refractivity contribution in [2.45, 2.75) is 39.3 Å². The van der Waals surface area contributed by atoms with Gasteiger partial charge in [0.15, 0.2) is 0 Å². The van der Waals surface area contributed by atoms with Gasteiger partial charge in [-0.1, -0.05) is 6.92 Å². The minimum atomic E-state index is -0.734. The van der Waals surface area contributed by atoms with Gasteiger partial charge < -0.3 is 10.4 Å². The van der Waals surface area contributed by atoms with Gasteiger partial charge in [-0.15, -0.1) is 0 Å². The Morgan fingerprint density at radius 2 is 2.00 bits per heavy atom. The zero-order chi connectivity index (χ0) is 11.1. The summed E-state index contributed by atoms with van der Waals surface area (Å²) >= 11 is 1.82. The molecule has 0 saturated heterocycles. The highest BCUT2D eigenvalue weighted by Gasteiger charge is 2.20. The maximum atomic E-state index is 10.7. The highest BCUT2D eigenvalue weighted by molar-refractivity contribution is 7.98. The molecule has 0 bridgehead atoms. The van der Waals surface area contributed by atoms with Gasteiger partial charge in [-0.3, -0.25) is 4.79 Å². The van der Waals surface area contributed by atoms with Gasteiger partial charge in [0.05, 0.1) is 5.92 Å². The molecule has 0 heterocycles. The summed E-state index contributed by atoms with van der Waals surface area (Å²) in [7, 11) is 0. The number of carbonyl (C=O) groups is 1. The van der Waals surface area contributed by atoms with E-state index in [4.69, 9.17) is 5.11 Å². The molecule has 0 aromatic heterocycles. The summed E-state index contributed by atoms with van der Waals surface area (Å²) in [5, 5.41) is 12.1. The molecule has 0 fully saturated rings. The Hall–Kier alpha value is -0.220. The summed E-state index contributed by atoms with van der Waals surface area (Å²) in [6.07, 6.45) is 3.16. The quantitative estimate of drug-likeness (QED) is 0.686. The van der Waals surface area contributed by atoms with Crippen LogP contribution in [0.2, 0.25) is 0 Å². The monoisotopic (exact) mass is 219 g/mol. The first kappa shape index (κ1) is 13.8. The van der Waals surface area contributed by atoms with Crippen LogP contribution in [0.15, 0.2) is 0 Å². The van der Waals surface area contributed by atoms with Crippen molar-refractivity contribution in [1.29, 1.82) is 0 Å². The van der Waals surface area contributed by atoms with E-state index in [2.05, 4.69) is 18.5 Å². The van der Waals surface area contributed by atoms with Crippen LogP contribution in [0.25, 0.3) is 0 Å². The molecule has 0 aliphatic carbocycles. The van der Waals surface area contributed by atoms with E-state index in [0.29, 0.717) is 6.04 Å². The van der Waals surface area contributed by atoms with E-state index < -0.39 is 5.97 Å². The van der Waals surface area contributed by atoms with Crippen LogP contribution in [0.3, 0.4) is 0 Å². The highest BCUT2D eigenvalue weighted by Crippen LogP contribution is 2.06. The van der Waals surface area contributed by atoms with E-state index in [1.165, 1.54) is 0 Å². The fourth-order valence-corrected chi connectivity index (χ4v) is 1.77. The number of thioether (sulfide) groups is 1. The minimum absolute atomic E-state index is 0.0318. The lowest BCUT2D eigenvalue weighted by molar-refractivity contribution is -0.142. The van der Waals surface area contributed by atoms with Gasteiger partial charge in [0.1, 0.15) is 0 Å². The number of hydrogen-bond acceptors (Lipinski definition) is 3. The molecule has 4 heteroatoms. The van der Waals surface area contributed by atoms with Gasteiger partial charge >= 0.3 is 5.97 Å². The molecule has 0 spiro atoms. The van der Waals surface area contributed by atoms with E-state index in [9.17, 15) is 4.79 Å². The SMILES string of the molecule is CSCCC(C)NC(C)C(C)C(=O)O. The van der Waals surface area contributed by atoms with Gasteiger partial charge in [0.25, 0.3) is 0 Å². The second-order valence-electron chi connectivity index (χ2n) is 3.76. The Bertz CT molecular complexity index is 176. The summed E-state index contributed by atoms with van der Waals surface area (Å²) in [4.78, 5) is 10.7. The van der Waals surface area contributed by atoms with Crippen molar-refractivity contribution >= 4 is 17.7 Å². The van der Waals surface area contributed by atoms with Crippen LogP contribution in [0, 0.1) is 5.92 Å². The second-order valence-corrected chi connectivity index (χ2v) is 4.75. The number of carboxylic acid groups (broad SMARTS) is 1. The van der Waals surface area contributed by atoms with Gasteiger partial charge in [-0.05, 0) is 32.3 Å². The number of carboxylic acids is 1. The molecule has 3 unspecified atom stereocenters. The third-order valence-corrected chi connectivity index (χ3v) is 3.09. The van der Waals surface area contributed by atoms with Crippen LogP contribution in [0.4, 0.5) is 0 Å². The van der Waals surface area contributed by atoms with Crippen molar-refractivity contribution in [2.24, 2.45) is 5.92 Å². The molecule has 0 aromatic carbocycles. The molecule has 84 valence electrons. The van der Waals surface area contributed by atoms with E-state index in [1.807, 2.05) is 18.7 Å². The van der Waals surface area contributed by atoms with Crippen LogP contribution in [-0.2, 0) is 4.79 Å². The normalized spacial score (nSPS) is 17.4. The summed E-state index contributed by atoms with van der Waals surface area (Å²) < 4.78 is 0. The molecular formula is C10H21NO2S. The van der Waals surface area contributed by atoms with Gasteiger partial charge in [0, 0.05) is 12.1 Å². The van der Waals surface area contributed by atoms with E-state index in [-0.39, 0.29) is 12.0 Å². The molecule has 14 heavy (non-hydrogen) atoms. The first-order chi connectivity index (χ1) is 6.49. The smallest absolute Gasteiger partial charge is 0.307 e. The Balaban J connectivity index is 3.80. The predicted octanol–water partition coefficient (Wildman–Crippen LogP) is 1.83. The Morgan fingerprint density at radius 1 is 1.43 bits per heavy atom. The molecule has 3 nitrogen and oxygen atoms in total. The van der Waals surface area contributed by atoms with Crippen molar-refractivity contribution in [2.75, 3.05) is 12.0 Å². The van der Waals surface area contributed by atoms with Crippen LogP contribution in [-0.4, -0.2) is 35.2 Å². The molecule has 0 rings (SSSR count). The van der Waals surface area contributed by atoms with Crippen molar-refractivity contribution in [3.8, 4) is 0 Å². The average molecular weight is 219 g/mol. The lowest BCUT2D eigenvalue weighted by Gasteiger charge is -2.22. The summed E-state index contributed by atoms with van der Waals surface area (Å²) in [6.45, 7) is 5.76. The first-order valence-electron chi connectivity index (χ1n) is 4.96. The third kappa shape index (κ3) is 5.50. The van der Waals surface area contributed by atoms with Crippen molar-refractivity contribution in [3.63, 3.8) is 0 Å².